The Balaban J connectivity index is 2.26. The van der Waals surface area contributed by atoms with E-state index in [2.05, 4.69) is 13.8 Å². The zero-order chi connectivity index (χ0) is 10.9. The predicted molar refractivity (Wildman–Crippen MR) is 62.5 cm³/mol. The fraction of sp³-hybridized carbons (Fsp3) is 0.923. The quantitative estimate of drug-likeness (QED) is 0.602. The Morgan fingerprint density at radius 1 is 1.07 bits per heavy atom. The van der Waals surface area contributed by atoms with Crippen LogP contribution in [0.25, 0.3) is 0 Å². The predicted octanol–water partition coefficient (Wildman–Crippen LogP) is 3.56. The highest BCUT2D eigenvalue weighted by atomic mass is 16.7. The Morgan fingerprint density at radius 3 is 2.40 bits per heavy atom. The van der Waals surface area contributed by atoms with Crippen molar-refractivity contribution in [1.29, 1.82) is 0 Å². The fourth-order valence-electron chi connectivity index (χ4n) is 2.14. The lowest BCUT2D eigenvalue weighted by molar-refractivity contribution is -0.190. The van der Waals surface area contributed by atoms with E-state index in [0.717, 1.165) is 13.2 Å². The average molecular weight is 213 g/mol. The third-order valence-electron chi connectivity index (χ3n) is 2.98. The Morgan fingerprint density at radius 2 is 1.80 bits per heavy atom. The fourth-order valence-corrected chi connectivity index (χ4v) is 2.14. The van der Waals surface area contributed by atoms with Crippen molar-refractivity contribution in [2.24, 2.45) is 5.92 Å². The number of unbranched alkanes of at least 4 members (excludes halogenated alkanes) is 2. The molecule has 1 unspecified atom stereocenters. The van der Waals surface area contributed by atoms with Gasteiger partial charge in [0.25, 0.3) is 0 Å². The molecule has 0 aliphatic carbocycles. The SMILES string of the molecule is CCCCCC(CCC)C1OC[CH]CO1. The van der Waals surface area contributed by atoms with Gasteiger partial charge in [-0.05, 0) is 12.8 Å². The minimum Gasteiger partial charge on any atom is -0.352 e. The van der Waals surface area contributed by atoms with Gasteiger partial charge in [-0.1, -0.05) is 39.5 Å². The minimum absolute atomic E-state index is 0.0619. The van der Waals surface area contributed by atoms with Gasteiger partial charge in [0.05, 0.1) is 13.2 Å². The van der Waals surface area contributed by atoms with E-state index in [1.54, 1.807) is 0 Å². The van der Waals surface area contributed by atoms with Gasteiger partial charge in [0.2, 0.25) is 0 Å². The highest BCUT2D eigenvalue weighted by Crippen LogP contribution is 2.24. The van der Waals surface area contributed by atoms with Crippen LogP contribution in [0.3, 0.4) is 0 Å². The molecule has 1 rings (SSSR count). The van der Waals surface area contributed by atoms with Gasteiger partial charge in [0.15, 0.2) is 6.29 Å². The van der Waals surface area contributed by atoms with Crippen LogP contribution in [0, 0.1) is 12.3 Å². The third kappa shape index (κ3) is 4.98. The third-order valence-corrected chi connectivity index (χ3v) is 2.98. The minimum atomic E-state index is 0.0619. The summed E-state index contributed by atoms with van der Waals surface area (Å²) < 4.78 is 11.3. The molecular formula is C13H25O2. The van der Waals surface area contributed by atoms with Crippen LogP contribution in [0.5, 0.6) is 0 Å². The molecule has 0 aromatic carbocycles. The first-order valence-corrected chi connectivity index (χ1v) is 6.43. The van der Waals surface area contributed by atoms with E-state index < -0.39 is 0 Å². The molecule has 2 nitrogen and oxygen atoms in total. The highest BCUT2D eigenvalue weighted by molar-refractivity contribution is 4.72. The lowest BCUT2D eigenvalue weighted by atomic mass is 9.95. The molecule has 0 N–H and O–H groups in total. The zero-order valence-corrected chi connectivity index (χ0v) is 10.2. The summed E-state index contributed by atoms with van der Waals surface area (Å²) in [6.07, 6.45) is 9.76. The molecule has 15 heavy (non-hydrogen) atoms. The second-order valence-corrected chi connectivity index (χ2v) is 4.37. The van der Waals surface area contributed by atoms with E-state index in [0.29, 0.717) is 5.92 Å². The molecule has 1 heterocycles. The molecule has 1 atom stereocenters. The maximum atomic E-state index is 5.65. The van der Waals surface area contributed by atoms with Gasteiger partial charge in [0.1, 0.15) is 0 Å². The molecule has 1 aliphatic heterocycles. The van der Waals surface area contributed by atoms with Crippen molar-refractivity contribution in [2.75, 3.05) is 13.2 Å². The molecule has 0 aromatic rings. The number of hydrogen-bond acceptors (Lipinski definition) is 2. The second-order valence-electron chi connectivity index (χ2n) is 4.37. The molecule has 0 saturated carbocycles. The maximum absolute atomic E-state index is 5.65. The van der Waals surface area contributed by atoms with Gasteiger partial charge < -0.3 is 9.47 Å². The van der Waals surface area contributed by atoms with E-state index in [1.807, 2.05) is 6.42 Å². The molecule has 2 heteroatoms. The summed E-state index contributed by atoms with van der Waals surface area (Å²) in [6, 6.07) is 0. The molecule has 0 aromatic heterocycles. The summed E-state index contributed by atoms with van der Waals surface area (Å²) in [5, 5.41) is 0. The van der Waals surface area contributed by atoms with Crippen LogP contribution in [-0.4, -0.2) is 19.5 Å². The molecule has 89 valence electrons. The summed E-state index contributed by atoms with van der Waals surface area (Å²) in [5.74, 6) is 0.607. The van der Waals surface area contributed by atoms with Crippen molar-refractivity contribution in [3.8, 4) is 0 Å². The number of hydrogen-bond donors (Lipinski definition) is 0. The lowest BCUT2D eigenvalue weighted by Gasteiger charge is -2.30. The van der Waals surface area contributed by atoms with Crippen molar-refractivity contribution in [3.63, 3.8) is 0 Å². The van der Waals surface area contributed by atoms with Gasteiger partial charge in [-0.25, -0.2) is 0 Å². The zero-order valence-electron chi connectivity index (χ0n) is 10.2. The molecule has 1 aliphatic rings. The Bertz CT molecular complexity index is 141. The molecule has 0 bridgehead atoms. The number of rotatable bonds is 7. The summed E-state index contributed by atoms with van der Waals surface area (Å²) in [6.45, 7) is 6.01. The van der Waals surface area contributed by atoms with Crippen LogP contribution in [-0.2, 0) is 9.47 Å². The van der Waals surface area contributed by atoms with Gasteiger partial charge in [0, 0.05) is 12.3 Å². The second kappa shape index (κ2) is 8.12. The van der Waals surface area contributed by atoms with Crippen LogP contribution in [0.4, 0.5) is 0 Å². The van der Waals surface area contributed by atoms with Crippen molar-refractivity contribution in [1.82, 2.24) is 0 Å². The molecule has 1 saturated heterocycles. The standard InChI is InChI=1S/C13H25O2/c1-3-5-6-9-12(8-4-2)13-14-10-7-11-15-13/h7,12-13H,3-6,8-11H2,1-2H3. The Hall–Kier alpha value is -0.0800. The van der Waals surface area contributed by atoms with Crippen molar-refractivity contribution < 1.29 is 9.47 Å². The topological polar surface area (TPSA) is 18.5 Å². The van der Waals surface area contributed by atoms with Crippen LogP contribution < -0.4 is 0 Å². The Kier molecular flexibility index (Phi) is 7.03. The lowest BCUT2D eigenvalue weighted by Crippen LogP contribution is -2.32. The van der Waals surface area contributed by atoms with E-state index >= 15 is 0 Å². The smallest absolute Gasteiger partial charge is 0.160 e. The summed E-state index contributed by atoms with van der Waals surface area (Å²) >= 11 is 0. The number of ether oxygens (including phenoxy) is 2. The molecule has 0 spiro atoms. The summed E-state index contributed by atoms with van der Waals surface area (Å²) in [7, 11) is 0. The van der Waals surface area contributed by atoms with Gasteiger partial charge in [-0.15, -0.1) is 0 Å². The van der Waals surface area contributed by atoms with Crippen molar-refractivity contribution in [3.05, 3.63) is 6.42 Å². The molecular weight excluding hydrogens is 188 g/mol. The first kappa shape index (κ1) is 13.0. The molecule has 1 radical (unpaired) electrons. The first-order chi connectivity index (χ1) is 7.38. The highest BCUT2D eigenvalue weighted by Gasteiger charge is 2.24. The van der Waals surface area contributed by atoms with Crippen LogP contribution in [0.15, 0.2) is 0 Å². The van der Waals surface area contributed by atoms with Crippen LogP contribution in [0.1, 0.15) is 52.4 Å². The van der Waals surface area contributed by atoms with Crippen LogP contribution >= 0.6 is 0 Å². The Labute approximate surface area is 94.3 Å². The first-order valence-electron chi connectivity index (χ1n) is 6.43. The normalized spacial score (nSPS) is 20.4. The maximum Gasteiger partial charge on any atom is 0.160 e. The molecule has 1 fully saturated rings. The van der Waals surface area contributed by atoms with E-state index in [-0.39, 0.29) is 6.29 Å². The van der Waals surface area contributed by atoms with E-state index in [4.69, 9.17) is 9.47 Å². The van der Waals surface area contributed by atoms with Gasteiger partial charge in [-0.3, -0.25) is 0 Å². The van der Waals surface area contributed by atoms with Crippen molar-refractivity contribution >= 4 is 0 Å². The van der Waals surface area contributed by atoms with Crippen LogP contribution in [0.2, 0.25) is 0 Å². The molecule has 0 amide bonds. The monoisotopic (exact) mass is 213 g/mol. The van der Waals surface area contributed by atoms with E-state index in [1.165, 1.54) is 38.5 Å². The summed E-state index contributed by atoms with van der Waals surface area (Å²) in [4.78, 5) is 0. The van der Waals surface area contributed by atoms with E-state index in [9.17, 15) is 0 Å². The summed E-state index contributed by atoms with van der Waals surface area (Å²) in [5.41, 5.74) is 0. The van der Waals surface area contributed by atoms with Gasteiger partial charge >= 0.3 is 0 Å². The average Bonchev–Trinajstić information content (AvgIpc) is 2.29. The van der Waals surface area contributed by atoms with Gasteiger partial charge in [-0.2, -0.15) is 0 Å². The largest absolute Gasteiger partial charge is 0.352 e. The van der Waals surface area contributed by atoms with Crippen molar-refractivity contribution in [2.45, 2.75) is 58.7 Å².